The number of aromatic nitrogens is 2. The SMILES string of the molecule is O[C@H]1CC[C@@H](n2ccnc2)CC1. The Kier molecular flexibility index (Phi) is 2.13. The summed E-state index contributed by atoms with van der Waals surface area (Å²) in [4.78, 5) is 4.02. The third-order valence-electron chi connectivity index (χ3n) is 2.61. The van der Waals surface area contributed by atoms with E-state index in [0.717, 1.165) is 25.7 Å². The minimum atomic E-state index is -0.0650. The van der Waals surface area contributed by atoms with Gasteiger partial charge in [0, 0.05) is 18.4 Å². The van der Waals surface area contributed by atoms with Gasteiger partial charge in [0.1, 0.15) is 0 Å². The molecule has 12 heavy (non-hydrogen) atoms. The Morgan fingerprint density at radius 3 is 2.58 bits per heavy atom. The Balaban J connectivity index is 1.99. The molecule has 1 aliphatic carbocycles. The van der Waals surface area contributed by atoms with Crippen LogP contribution in [0.5, 0.6) is 0 Å². The number of aliphatic hydroxyl groups is 1. The fourth-order valence-corrected chi connectivity index (χ4v) is 1.84. The first kappa shape index (κ1) is 7.80. The highest BCUT2D eigenvalue weighted by atomic mass is 16.3. The van der Waals surface area contributed by atoms with Crippen LogP contribution < -0.4 is 0 Å². The summed E-state index contributed by atoms with van der Waals surface area (Å²) in [5.74, 6) is 0. The Hall–Kier alpha value is -0.830. The average molecular weight is 166 g/mol. The van der Waals surface area contributed by atoms with Crippen molar-refractivity contribution >= 4 is 0 Å². The summed E-state index contributed by atoms with van der Waals surface area (Å²) in [6.45, 7) is 0. The summed E-state index contributed by atoms with van der Waals surface area (Å²) in [7, 11) is 0. The van der Waals surface area contributed by atoms with Crippen LogP contribution in [0.4, 0.5) is 0 Å². The standard InChI is InChI=1S/C9H14N2O/c12-9-3-1-8(2-4-9)11-6-5-10-7-11/h5-9,12H,1-4H2/t8-,9+. The third-order valence-corrected chi connectivity index (χ3v) is 2.61. The number of nitrogens with zero attached hydrogens (tertiary/aromatic N) is 2. The third kappa shape index (κ3) is 1.50. The number of hydrogen-bond acceptors (Lipinski definition) is 2. The van der Waals surface area contributed by atoms with Gasteiger partial charge in [-0.15, -0.1) is 0 Å². The summed E-state index contributed by atoms with van der Waals surface area (Å²) < 4.78 is 2.14. The first-order valence-electron chi connectivity index (χ1n) is 4.52. The highest BCUT2D eigenvalue weighted by Crippen LogP contribution is 2.27. The zero-order valence-electron chi connectivity index (χ0n) is 7.06. The number of rotatable bonds is 1. The smallest absolute Gasteiger partial charge is 0.0948 e. The Morgan fingerprint density at radius 2 is 2.00 bits per heavy atom. The van der Waals surface area contributed by atoms with Crippen molar-refractivity contribution in [1.29, 1.82) is 0 Å². The van der Waals surface area contributed by atoms with Crippen molar-refractivity contribution in [3.63, 3.8) is 0 Å². The zero-order chi connectivity index (χ0) is 8.39. The van der Waals surface area contributed by atoms with Crippen LogP contribution in [0.2, 0.25) is 0 Å². The van der Waals surface area contributed by atoms with Crippen LogP contribution in [0.1, 0.15) is 31.7 Å². The predicted octanol–water partition coefficient (Wildman–Crippen LogP) is 1.36. The maximum atomic E-state index is 9.30. The van der Waals surface area contributed by atoms with Gasteiger partial charge in [-0.1, -0.05) is 0 Å². The molecule has 0 amide bonds. The summed E-state index contributed by atoms with van der Waals surface area (Å²) in [5.41, 5.74) is 0. The van der Waals surface area contributed by atoms with Crippen LogP contribution in [-0.4, -0.2) is 20.8 Å². The summed E-state index contributed by atoms with van der Waals surface area (Å²) in [6, 6.07) is 0.566. The molecule has 0 spiro atoms. The fraction of sp³-hybridized carbons (Fsp3) is 0.667. The van der Waals surface area contributed by atoms with Gasteiger partial charge in [-0.3, -0.25) is 0 Å². The maximum absolute atomic E-state index is 9.30. The van der Waals surface area contributed by atoms with E-state index in [1.165, 1.54) is 0 Å². The van der Waals surface area contributed by atoms with E-state index in [1.54, 1.807) is 0 Å². The molecule has 0 atom stereocenters. The molecular weight excluding hydrogens is 152 g/mol. The lowest BCUT2D eigenvalue weighted by atomic mass is 9.93. The van der Waals surface area contributed by atoms with E-state index in [9.17, 15) is 5.11 Å². The lowest BCUT2D eigenvalue weighted by Crippen LogP contribution is -2.20. The molecule has 0 radical (unpaired) electrons. The Morgan fingerprint density at radius 1 is 1.25 bits per heavy atom. The van der Waals surface area contributed by atoms with E-state index in [-0.39, 0.29) is 6.10 Å². The molecule has 1 aromatic rings. The van der Waals surface area contributed by atoms with Gasteiger partial charge in [0.2, 0.25) is 0 Å². The summed E-state index contributed by atoms with van der Waals surface area (Å²) in [5, 5.41) is 9.30. The molecule has 0 saturated heterocycles. The second-order valence-corrected chi connectivity index (χ2v) is 3.47. The van der Waals surface area contributed by atoms with Crippen molar-refractivity contribution in [2.75, 3.05) is 0 Å². The van der Waals surface area contributed by atoms with Gasteiger partial charge in [0.05, 0.1) is 12.4 Å². The van der Waals surface area contributed by atoms with Crippen LogP contribution in [0.3, 0.4) is 0 Å². The van der Waals surface area contributed by atoms with Crippen LogP contribution in [0, 0.1) is 0 Å². The van der Waals surface area contributed by atoms with E-state index in [4.69, 9.17) is 0 Å². The van der Waals surface area contributed by atoms with E-state index in [1.807, 2.05) is 18.7 Å². The quantitative estimate of drug-likeness (QED) is 0.684. The van der Waals surface area contributed by atoms with Gasteiger partial charge in [0.15, 0.2) is 0 Å². The predicted molar refractivity (Wildman–Crippen MR) is 45.7 cm³/mol. The van der Waals surface area contributed by atoms with Crippen molar-refractivity contribution in [2.24, 2.45) is 0 Å². The topological polar surface area (TPSA) is 38.0 Å². The van der Waals surface area contributed by atoms with Crippen molar-refractivity contribution in [3.05, 3.63) is 18.7 Å². The molecule has 1 aliphatic rings. The fourth-order valence-electron chi connectivity index (χ4n) is 1.84. The molecule has 1 heterocycles. The minimum Gasteiger partial charge on any atom is -0.393 e. The van der Waals surface area contributed by atoms with Gasteiger partial charge in [0.25, 0.3) is 0 Å². The van der Waals surface area contributed by atoms with E-state index < -0.39 is 0 Å². The van der Waals surface area contributed by atoms with Crippen LogP contribution >= 0.6 is 0 Å². The number of hydrogen-bond donors (Lipinski definition) is 1. The molecule has 2 rings (SSSR count). The highest BCUT2D eigenvalue weighted by molar-refractivity contribution is 4.83. The van der Waals surface area contributed by atoms with Gasteiger partial charge >= 0.3 is 0 Å². The second kappa shape index (κ2) is 3.27. The lowest BCUT2D eigenvalue weighted by molar-refractivity contribution is 0.110. The molecule has 0 unspecified atom stereocenters. The zero-order valence-corrected chi connectivity index (χ0v) is 7.06. The first-order chi connectivity index (χ1) is 5.86. The largest absolute Gasteiger partial charge is 0.393 e. The second-order valence-electron chi connectivity index (χ2n) is 3.47. The molecule has 1 aromatic heterocycles. The molecule has 1 fully saturated rings. The van der Waals surface area contributed by atoms with Crippen LogP contribution in [-0.2, 0) is 0 Å². The Labute approximate surface area is 72.0 Å². The van der Waals surface area contributed by atoms with E-state index in [0.29, 0.717) is 6.04 Å². The van der Waals surface area contributed by atoms with Gasteiger partial charge in [-0.05, 0) is 25.7 Å². The minimum absolute atomic E-state index is 0.0650. The van der Waals surface area contributed by atoms with Crippen LogP contribution in [0.15, 0.2) is 18.7 Å². The summed E-state index contributed by atoms with van der Waals surface area (Å²) >= 11 is 0. The number of aliphatic hydroxyl groups excluding tert-OH is 1. The molecule has 3 nitrogen and oxygen atoms in total. The molecule has 0 aliphatic heterocycles. The molecule has 3 heteroatoms. The lowest BCUT2D eigenvalue weighted by Gasteiger charge is -2.26. The summed E-state index contributed by atoms with van der Waals surface area (Å²) in [6.07, 6.45) is 9.64. The van der Waals surface area contributed by atoms with E-state index >= 15 is 0 Å². The molecule has 66 valence electrons. The Bertz CT molecular complexity index is 225. The van der Waals surface area contributed by atoms with Gasteiger partial charge in [-0.25, -0.2) is 4.98 Å². The van der Waals surface area contributed by atoms with Gasteiger partial charge in [-0.2, -0.15) is 0 Å². The molecule has 1 N–H and O–H groups in total. The normalized spacial score (nSPS) is 30.4. The first-order valence-corrected chi connectivity index (χ1v) is 4.52. The monoisotopic (exact) mass is 166 g/mol. The van der Waals surface area contributed by atoms with Crippen molar-refractivity contribution in [3.8, 4) is 0 Å². The average Bonchev–Trinajstić information content (AvgIpc) is 2.58. The maximum Gasteiger partial charge on any atom is 0.0948 e. The molecule has 0 aromatic carbocycles. The molecule has 1 saturated carbocycles. The van der Waals surface area contributed by atoms with E-state index in [2.05, 4.69) is 9.55 Å². The van der Waals surface area contributed by atoms with Crippen molar-refractivity contribution in [1.82, 2.24) is 9.55 Å². The molecule has 0 bridgehead atoms. The highest BCUT2D eigenvalue weighted by Gasteiger charge is 2.19. The molecular formula is C9H14N2O. The number of imidazole rings is 1. The van der Waals surface area contributed by atoms with Gasteiger partial charge < -0.3 is 9.67 Å². The van der Waals surface area contributed by atoms with Crippen LogP contribution in [0.25, 0.3) is 0 Å². The van der Waals surface area contributed by atoms with Crippen molar-refractivity contribution in [2.45, 2.75) is 37.8 Å². The van der Waals surface area contributed by atoms with Crippen molar-refractivity contribution < 1.29 is 5.11 Å².